The number of H-pyrrole nitrogens is 1. The maximum atomic E-state index is 9.08. The van der Waals surface area contributed by atoms with Crippen molar-refractivity contribution in [1.29, 1.82) is 5.26 Å². The lowest BCUT2D eigenvalue weighted by atomic mass is 10.1. The van der Waals surface area contributed by atoms with E-state index in [9.17, 15) is 0 Å². The molecule has 2 aromatic carbocycles. The fraction of sp³-hybridized carbons (Fsp3) is 0.125. The van der Waals surface area contributed by atoms with Gasteiger partial charge in [0.25, 0.3) is 0 Å². The fourth-order valence-corrected chi connectivity index (χ4v) is 2.16. The van der Waals surface area contributed by atoms with E-state index in [-0.39, 0.29) is 0 Å². The number of para-hydroxylation sites is 1. The van der Waals surface area contributed by atoms with E-state index in [0.29, 0.717) is 5.56 Å². The maximum absolute atomic E-state index is 9.08. The van der Waals surface area contributed by atoms with Gasteiger partial charge in [-0.15, -0.1) is 0 Å². The molecule has 0 atom stereocenters. The normalized spacial score (nSPS) is 10.5. The van der Waals surface area contributed by atoms with Gasteiger partial charge in [-0.05, 0) is 24.1 Å². The van der Waals surface area contributed by atoms with Crippen molar-refractivity contribution in [2.45, 2.75) is 13.3 Å². The Kier molecular flexibility index (Phi) is 2.77. The monoisotopic (exact) mass is 247 g/mol. The molecule has 0 aliphatic rings. The molecule has 3 rings (SSSR count). The van der Waals surface area contributed by atoms with Gasteiger partial charge in [0.05, 0.1) is 11.1 Å². The van der Waals surface area contributed by atoms with Gasteiger partial charge in [-0.25, -0.2) is 4.98 Å². The molecule has 3 heteroatoms. The second-order valence-electron chi connectivity index (χ2n) is 4.45. The van der Waals surface area contributed by atoms with Crippen LogP contribution in [0.4, 0.5) is 0 Å². The highest BCUT2D eigenvalue weighted by Crippen LogP contribution is 2.22. The van der Waals surface area contributed by atoms with Gasteiger partial charge < -0.3 is 4.98 Å². The van der Waals surface area contributed by atoms with Crippen molar-refractivity contribution < 1.29 is 0 Å². The molecule has 0 aliphatic heterocycles. The number of nitrogens with zero attached hydrogens (tertiary/aromatic N) is 2. The van der Waals surface area contributed by atoms with Crippen LogP contribution in [0.5, 0.6) is 0 Å². The van der Waals surface area contributed by atoms with E-state index in [4.69, 9.17) is 5.26 Å². The first kappa shape index (κ1) is 11.5. The van der Waals surface area contributed by atoms with Crippen molar-refractivity contribution in [3.63, 3.8) is 0 Å². The Morgan fingerprint density at radius 2 is 1.95 bits per heavy atom. The van der Waals surface area contributed by atoms with Crippen LogP contribution < -0.4 is 0 Å². The Morgan fingerprint density at radius 3 is 2.63 bits per heavy atom. The largest absolute Gasteiger partial charge is 0.338 e. The van der Waals surface area contributed by atoms with E-state index in [1.807, 2.05) is 12.1 Å². The van der Waals surface area contributed by atoms with Gasteiger partial charge in [-0.3, -0.25) is 0 Å². The standard InChI is InChI=1S/C16H13N3/c1-2-11-6-8-12(9-7-11)16-18-14-5-3-4-13(10-17)15(14)19-16/h3-9H,2H2,1H3,(H,18,19). The number of rotatable bonds is 2. The number of nitrogens with one attached hydrogen (secondary N) is 1. The zero-order chi connectivity index (χ0) is 13.2. The van der Waals surface area contributed by atoms with Crippen LogP contribution in [0, 0.1) is 11.3 Å². The molecule has 0 saturated carbocycles. The van der Waals surface area contributed by atoms with Gasteiger partial charge in [-0.1, -0.05) is 37.3 Å². The van der Waals surface area contributed by atoms with Gasteiger partial charge in [0.1, 0.15) is 17.4 Å². The molecule has 1 N–H and O–H groups in total. The maximum Gasteiger partial charge on any atom is 0.138 e. The number of hydrogen-bond acceptors (Lipinski definition) is 2. The van der Waals surface area contributed by atoms with Crippen LogP contribution in [0.1, 0.15) is 18.1 Å². The molecule has 3 aromatic rings. The summed E-state index contributed by atoms with van der Waals surface area (Å²) in [7, 11) is 0. The minimum absolute atomic E-state index is 0.602. The first-order valence-corrected chi connectivity index (χ1v) is 6.30. The van der Waals surface area contributed by atoms with Crippen LogP contribution in [-0.4, -0.2) is 9.97 Å². The van der Waals surface area contributed by atoms with E-state index in [1.54, 1.807) is 6.07 Å². The predicted octanol–water partition coefficient (Wildman–Crippen LogP) is 3.66. The van der Waals surface area contributed by atoms with Gasteiger partial charge in [0.15, 0.2) is 0 Å². The summed E-state index contributed by atoms with van der Waals surface area (Å²) in [6.07, 6.45) is 1.03. The third-order valence-electron chi connectivity index (χ3n) is 3.27. The second kappa shape index (κ2) is 4.58. The van der Waals surface area contributed by atoms with Gasteiger partial charge in [0.2, 0.25) is 0 Å². The lowest BCUT2D eigenvalue weighted by Crippen LogP contribution is -1.83. The van der Waals surface area contributed by atoms with E-state index >= 15 is 0 Å². The Morgan fingerprint density at radius 1 is 1.16 bits per heavy atom. The molecule has 0 aliphatic carbocycles. The fourth-order valence-electron chi connectivity index (χ4n) is 2.16. The third-order valence-corrected chi connectivity index (χ3v) is 3.27. The lowest BCUT2D eigenvalue weighted by molar-refractivity contribution is 1.14. The molecular formula is C16H13N3. The number of aromatic amines is 1. The van der Waals surface area contributed by atoms with Gasteiger partial charge in [-0.2, -0.15) is 5.26 Å². The Balaban J connectivity index is 2.12. The molecule has 1 aromatic heterocycles. The number of imidazole rings is 1. The number of fused-ring (bicyclic) bond motifs is 1. The molecular weight excluding hydrogens is 234 g/mol. The van der Waals surface area contributed by atoms with Gasteiger partial charge >= 0.3 is 0 Å². The molecule has 3 nitrogen and oxygen atoms in total. The van der Waals surface area contributed by atoms with Crippen molar-refractivity contribution in [1.82, 2.24) is 9.97 Å². The summed E-state index contributed by atoms with van der Waals surface area (Å²) < 4.78 is 0. The first-order chi connectivity index (χ1) is 9.31. The summed E-state index contributed by atoms with van der Waals surface area (Å²) in [5.41, 5.74) is 4.58. The molecule has 0 fully saturated rings. The zero-order valence-corrected chi connectivity index (χ0v) is 10.6. The number of aryl methyl sites for hydroxylation is 1. The molecule has 19 heavy (non-hydrogen) atoms. The van der Waals surface area contributed by atoms with Crippen molar-refractivity contribution in [2.75, 3.05) is 0 Å². The molecule has 0 radical (unpaired) electrons. The SMILES string of the molecule is CCc1ccc(-c2nc3c(C#N)cccc3[nH]2)cc1. The highest BCUT2D eigenvalue weighted by molar-refractivity contribution is 5.84. The van der Waals surface area contributed by atoms with Crippen LogP contribution in [0.25, 0.3) is 22.4 Å². The van der Waals surface area contributed by atoms with Crippen LogP contribution >= 0.6 is 0 Å². The minimum atomic E-state index is 0.602. The smallest absolute Gasteiger partial charge is 0.138 e. The first-order valence-electron chi connectivity index (χ1n) is 6.30. The van der Waals surface area contributed by atoms with Crippen molar-refractivity contribution in [2.24, 2.45) is 0 Å². The molecule has 0 amide bonds. The zero-order valence-electron chi connectivity index (χ0n) is 10.6. The van der Waals surface area contributed by atoms with E-state index in [2.05, 4.69) is 47.2 Å². The molecule has 0 saturated heterocycles. The average Bonchev–Trinajstić information content (AvgIpc) is 2.91. The predicted molar refractivity (Wildman–Crippen MR) is 75.6 cm³/mol. The summed E-state index contributed by atoms with van der Waals surface area (Å²) in [4.78, 5) is 7.79. The highest BCUT2D eigenvalue weighted by Gasteiger charge is 2.08. The van der Waals surface area contributed by atoms with Crippen LogP contribution in [0.2, 0.25) is 0 Å². The van der Waals surface area contributed by atoms with Crippen molar-refractivity contribution in [3.05, 3.63) is 53.6 Å². The molecule has 0 spiro atoms. The molecule has 0 unspecified atom stereocenters. The molecule has 1 heterocycles. The summed E-state index contributed by atoms with van der Waals surface area (Å²) in [5.74, 6) is 0.806. The van der Waals surface area contributed by atoms with Crippen molar-refractivity contribution >= 4 is 11.0 Å². The Hall–Kier alpha value is -2.60. The topological polar surface area (TPSA) is 52.5 Å². The summed E-state index contributed by atoms with van der Waals surface area (Å²) in [5, 5.41) is 9.08. The molecule has 92 valence electrons. The average molecular weight is 247 g/mol. The van der Waals surface area contributed by atoms with Crippen LogP contribution in [-0.2, 0) is 6.42 Å². The summed E-state index contributed by atoms with van der Waals surface area (Å²) in [6.45, 7) is 2.13. The Bertz CT molecular complexity index is 761. The lowest BCUT2D eigenvalue weighted by Gasteiger charge is -1.98. The van der Waals surface area contributed by atoms with Gasteiger partial charge in [0, 0.05) is 5.56 Å². The number of nitriles is 1. The summed E-state index contributed by atoms with van der Waals surface area (Å²) in [6, 6.07) is 16.1. The number of hydrogen-bond donors (Lipinski definition) is 1. The minimum Gasteiger partial charge on any atom is -0.338 e. The Labute approximate surface area is 111 Å². The van der Waals surface area contributed by atoms with E-state index in [0.717, 1.165) is 28.8 Å². The highest BCUT2D eigenvalue weighted by atomic mass is 14.9. The van der Waals surface area contributed by atoms with E-state index < -0.39 is 0 Å². The van der Waals surface area contributed by atoms with Crippen LogP contribution in [0.3, 0.4) is 0 Å². The number of benzene rings is 2. The van der Waals surface area contributed by atoms with Crippen LogP contribution in [0.15, 0.2) is 42.5 Å². The second-order valence-corrected chi connectivity index (χ2v) is 4.45. The molecule has 0 bridgehead atoms. The van der Waals surface area contributed by atoms with Crippen molar-refractivity contribution in [3.8, 4) is 17.5 Å². The number of aromatic nitrogens is 2. The quantitative estimate of drug-likeness (QED) is 0.751. The van der Waals surface area contributed by atoms with E-state index in [1.165, 1.54) is 5.56 Å². The third kappa shape index (κ3) is 1.98. The summed E-state index contributed by atoms with van der Waals surface area (Å²) >= 11 is 0.